The number of para-hydroxylation sites is 1. The number of aryl methyl sites for hydroxylation is 1. The van der Waals surface area contributed by atoms with Gasteiger partial charge in [0.05, 0.1) is 12.3 Å². The third kappa shape index (κ3) is 3.22. The minimum atomic E-state index is 0.708. The average molecular weight is 257 g/mol. The van der Waals surface area contributed by atoms with Crippen molar-refractivity contribution < 1.29 is 4.74 Å². The van der Waals surface area contributed by atoms with Gasteiger partial charge in [0.15, 0.2) is 0 Å². The molecule has 1 N–H and O–H groups in total. The van der Waals surface area contributed by atoms with Crippen LogP contribution in [-0.2, 0) is 0 Å². The fourth-order valence-corrected chi connectivity index (χ4v) is 1.85. The van der Waals surface area contributed by atoms with Gasteiger partial charge in [-0.1, -0.05) is 19.1 Å². The number of nitrogens with zero attached hydrogens (tertiary/aromatic N) is 2. The molecule has 0 spiro atoms. The highest BCUT2D eigenvalue weighted by Crippen LogP contribution is 2.29. The van der Waals surface area contributed by atoms with E-state index in [1.54, 1.807) is 0 Å². The molecule has 0 saturated carbocycles. The molecule has 4 heteroatoms. The van der Waals surface area contributed by atoms with Crippen molar-refractivity contribution in [3.05, 3.63) is 36.2 Å². The Bertz CT molecular complexity index is 555. The fourth-order valence-electron chi connectivity index (χ4n) is 1.85. The van der Waals surface area contributed by atoms with Gasteiger partial charge >= 0.3 is 0 Å². The summed E-state index contributed by atoms with van der Waals surface area (Å²) < 4.78 is 5.77. The van der Waals surface area contributed by atoms with Crippen LogP contribution in [0.25, 0.3) is 11.3 Å². The Kier molecular flexibility index (Phi) is 4.34. The summed E-state index contributed by atoms with van der Waals surface area (Å²) in [5.41, 5.74) is 1.88. The quantitative estimate of drug-likeness (QED) is 0.893. The molecular formula is C15H19N3O. The number of benzene rings is 1. The third-order valence-corrected chi connectivity index (χ3v) is 2.72. The summed E-state index contributed by atoms with van der Waals surface area (Å²) in [4.78, 5) is 8.80. The zero-order valence-corrected chi connectivity index (χ0v) is 11.6. The van der Waals surface area contributed by atoms with E-state index in [1.165, 1.54) is 0 Å². The molecule has 0 bridgehead atoms. The van der Waals surface area contributed by atoms with E-state index in [0.29, 0.717) is 6.61 Å². The Morgan fingerprint density at radius 2 is 2.00 bits per heavy atom. The van der Waals surface area contributed by atoms with Crippen molar-refractivity contribution in [2.75, 3.05) is 19.0 Å². The zero-order chi connectivity index (χ0) is 13.7. The van der Waals surface area contributed by atoms with Crippen LogP contribution in [-0.4, -0.2) is 23.6 Å². The molecule has 0 unspecified atom stereocenters. The number of ether oxygens (including phenoxy) is 1. The lowest BCUT2D eigenvalue weighted by molar-refractivity contribution is 0.318. The maximum absolute atomic E-state index is 5.77. The van der Waals surface area contributed by atoms with Crippen LogP contribution < -0.4 is 10.1 Å². The van der Waals surface area contributed by atoms with Gasteiger partial charge < -0.3 is 10.1 Å². The summed E-state index contributed by atoms with van der Waals surface area (Å²) >= 11 is 0. The van der Waals surface area contributed by atoms with Gasteiger partial charge in [-0.2, -0.15) is 0 Å². The smallest absolute Gasteiger partial charge is 0.130 e. The fraction of sp³-hybridized carbons (Fsp3) is 0.333. The van der Waals surface area contributed by atoms with Crippen molar-refractivity contribution in [2.45, 2.75) is 20.3 Å². The van der Waals surface area contributed by atoms with Crippen molar-refractivity contribution in [2.24, 2.45) is 0 Å². The molecule has 1 aromatic heterocycles. The lowest BCUT2D eigenvalue weighted by Crippen LogP contribution is -2.00. The van der Waals surface area contributed by atoms with Crippen molar-refractivity contribution in [1.82, 2.24) is 9.97 Å². The highest BCUT2D eigenvalue weighted by Gasteiger charge is 2.09. The molecule has 0 radical (unpaired) electrons. The molecule has 2 aromatic rings. The number of aromatic nitrogens is 2. The molecule has 0 saturated heterocycles. The number of nitrogens with one attached hydrogen (secondary N) is 1. The van der Waals surface area contributed by atoms with Crippen molar-refractivity contribution >= 4 is 5.82 Å². The molecule has 1 heterocycles. The van der Waals surface area contributed by atoms with Gasteiger partial charge in [-0.15, -0.1) is 0 Å². The molecule has 0 fully saturated rings. The second-order valence-electron chi connectivity index (χ2n) is 4.28. The molecule has 100 valence electrons. The first-order valence-electron chi connectivity index (χ1n) is 6.50. The minimum absolute atomic E-state index is 0.708. The van der Waals surface area contributed by atoms with E-state index in [9.17, 15) is 0 Å². The Hall–Kier alpha value is -2.10. The molecule has 0 aliphatic rings. The summed E-state index contributed by atoms with van der Waals surface area (Å²) in [7, 11) is 1.85. The van der Waals surface area contributed by atoms with Crippen LogP contribution in [0.1, 0.15) is 19.2 Å². The van der Waals surface area contributed by atoms with Gasteiger partial charge in [-0.3, -0.25) is 0 Å². The second-order valence-corrected chi connectivity index (χ2v) is 4.28. The summed E-state index contributed by atoms with van der Waals surface area (Å²) in [6.07, 6.45) is 0.985. The monoisotopic (exact) mass is 257 g/mol. The maximum atomic E-state index is 5.77. The van der Waals surface area contributed by atoms with Gasteiger partial charge in [-0.05, 0) is 25.5 Å². The van der Waals surface area contributed by atoms with Crippen LogP contribution in [0.4, 0.5) is 5.82 Å². The minimum Gasteiger partial charge on any atom is -0.493 e. The third-order valence-electron chi connectivity index (χ3n) is 2.72. The first kappa shape index (κ1) is 13.3. The van der Waals surface area contributed by atoms with Crippen molar-refractivity contribution in [1.29, 1.82) is 0 Å². The highest BCUT2D eigenvalue weighted by atomic mass is 16.5. The number of rotatable bonds is 5. The molecule has 19 heavy (non-hydrogen) atoms. The van der Waals surface area contributed by atoms with Crippen LogP contribution in [0.15, 0.2) is 30.3 Å². The lowest BCUT2D eigenvalue weighted by atomic mass is 10.1. The molecule has 0 amide bonds. The lowest BCUT2D eigenvalue weighted by Gasteiger charge is -2.11. The number of hydrogen-bond acceptors (Lipinski definition) is 4. The van der Waals surface area contributed by atoms with E-state index in [4.69, 9.17) is 4.74 Å². The van der Waals surface area contributed by atoms with Gasteiger partial charge in [0.25, 0.3) is 0 Å². The molecule has 0 atom stereocenters. The summed E-state index contributed by atoms with van der Waals surface area (Å²) in [6, 6.07) is 9.89. The Morgan fingerprint density at radius 1 is 1.21 bits per heavy atom. The van der Waals surface area contributed by atoms with Gasteiger partial charge in [0, 0.05) is 18.7 Å². The SMILES string of the molecule is CCCOc1ccccc1-c1cc(NC)nc(C)n1. The number of hydrogen-bond donors (Lipinski definition) is 1. The predicted octanol–water partition coefficient (Wildman–Crippen LogP) is 3.28. The van der Waals surface area contributed by atoms with Crippen LogP contribution in [0.3, 0.4) is 0 Å². The molecule has 4 nitrogen and oxygen atoms in total. The predicted molar refractivity (Wildman–Crippen MR) is 77.5 cm³/mol. The van der Waals surface area contributed by atoms with Crippen LogP contribution in [0.5, 0.6) is 5.75 Å². The standard InChI is InChI=1S/C15H19N3O/c1-4-9-19-14-8-6-5-7-12(14)13-10-15(16-3)18-11(2)17-13/h5-8,10H,4,9H2,1-3H3,(H,16,17,18). The van der Waals surface area contributed by atoms with E-state index in [2.05, 4.69) is 22.2 Å². The van der Waals surface area contributed by atoms with Crippen molar-refractivity contribution in [3.8, 4) is 17.0 Å². The van der Waals surface area contributed by atoms with Crippen molar-refractivity contribution in [3.63, 3.8) is 0 Å². The number of anilines is 1. The molecule has 1 aromatic carbocycles. The van der Waals surface area contributed by atoms with Gasteiger partial charge in [-0.25, -0.2) is 9.97 Å². The van der Waals surface area contributed by atoms with E-state index >= 15 is 0 Å². The van der Waals surface area contributed by atoms with Gasteiger partial charge in [0.1, 0.15) is 17.4 Å². The average Bonchev–Trinajstić information content (AvgIpc) is 2.44. The molecule has 0 aliphatic heterocycles. The summed E-state index contributed by atoms with van der Waals surface area (Å²) in [5, 5.41) is 3.05. The second kappa shape index (κ2) is 6.18. The van der Waals surface area contributed by atoms with Crippen LogP contribution in [0.2, 0.25) is 0 Å². The van der Waals surface area contributed by atoms with E-state index in [1.807, 2.05) is 44.3 Å². The Morgan fingerprint density at radius 3 is 2.74 bits per heavy atom. The first-order valence-corrected chi connectivity index (χ1v) is 6.50. The first-order chi connectivity index (χ1) is 9.24. The topological polar surface area (TPSA) is 47.0 Å². The van der Waals surface area contributed by atoms with Crippen LogP contribution >= 0.6 is 0 Å². The largest absolute Gasteiger partial charge is 0.493 e. The summed E-state index contributed by atoms with van der Waals surface area (Å²) in [5.74, 6) is 2.42. The molecule has 0 aliphatic carbocycles. The molecular weight excluding hydrogens is 238 g/mol. The van der Waals surface area contributed by atoms with Crippen LogP contribution in [0, 0.1) is 6.92 Å². The zero-order valence-electron chi connectivity index (χ0n) is 11.6. The van der Waals surface area contributed by atoms with Gasteiger partial charge in [0.2, 0.25) is 0 Å². The highest BCUT2D eigenvalue weighted by molar-refractivity contribution is 5.69. The Balaban J connectivity index is 2.43. The normalized spacial score (nSPS) is 10.3. The Labute approximate surface area is 113 Å². The summed E-state index contributed by atoms with van der Waals surface area (Å²) in [6.45, 7) is 4.69. The van der Waals surface area contributed by atoms with E-state index in [0.717, 1.165) is 35.1 Å². The van der Waals surface area contributed by atoms with E-state index in [-0.39, 0.29) is 0 Å². The molecule has 2 rings (SSSR count). The maximum Gasteiger partial charge on any atom is 0.130 e. The van der Waals surface area contributed by atoms with E-state index < -0.39 is 0 Å².